The van der Waals surface area contributed by atoms with Gasteiger partial charge < -0.3 is 4.74 Å². The van der Waals surface area contributed by atoms with E-state index < -0.39 is 24.0 Å². The molecule has 17 heavy (non-hydrogen) atoms. The summed E-state index contributed by atoms with van der Waals surface area (Å²) in [6.45, 7) is 6.36. The van der Waals surface area contributed by atoms with Crippen LogP contribution in [0.25, 0.3) is 0 Å². The van der Waals surface area contributed by atoms with Crippen molar-refractivity contribution in [2.24, 2.45) is 17.8 Å². The minimum atomic E-state index is -4.36. The van der Waals surface area contributed by atoms with E-state index in [4.69, 9.17) is 4.74 Å². The van der Waals surface area contributed by atoms with Crippen molar-refractivity contribution < 1.29 is 22.7 Å². The van der Waals surface area contributed by atoms with Crippen LogP contribution in [0.3, 0.4) is 0 Å². The molecule has 5 heteroatoms. The number of alkyl halides is 3. The fourth-order valence-electron chi connectivity index (χ4n) is 1.67. The van der Waals surface area contributed by atoms with Crippen molar-refractivity contribution in [1.29, 1.82) is 0 Å². The van der Waals surface area contributed by atoms with E-state index in [1.54, 1.807) is 13.8 Å². The van der Waals surface area contributed by atoms with Crippen LogP contribution in [0.1, 0.15) is 40.5 Å². The zero-order valence-corrected chi connectivity index (χ0v) is 10.8. The van der Waals surface area contributed by atoms with Gasteiger partial charge in [-0.25, -0.2) is 0 Å². The first kappa shape index (κ1) is 16.3. The number of hydrogen-bond acceptors (Lipinski definition) is 2. The van der Waals surface area contributed by atoms with Crippen molar-refractivity contribution in [2.45, 2.75) is 46.7 Å². The van der Waals surface area contributed by atoms with Gasteiger partial charge in [-0.3, -0.25) is 4.79 Å². The Morgan fingerprint density at radius 1 is 1.24 bits per heavy atom. The molecule has 0 aromatic carbocycles. The Morgan fingerprint density at radius 2 is 1.76 bits per heavy atom. The van der Waals surface area contributed by atoms with E-state index in [1.807, 2.05) is 6.92 Å². The van der Waals surface area contributed by atoms with Crippen LogP contribution in [0, 0.1) is 17.8 Å². The van der Waals surface area contributed by atoms with Crippen molar-refractivity contribution in [3.63, 3.8) is 0 Å². The molecule has 0 heterocycles. The summed E-state index contributed by atoms with van der Waals surface area (Å²) in [4.78, 5) is 11.6. The molecule has 102 valence electrons. The molecule has 0 aromatic rings. The molecule has 0 amide bonds. The summed E-state index contributed by atoms with van der Waals surface area (Å²) in [5.41, 5.74) is 0. The number of hydrogen-bond donors (Lipinski definition) is 0. The average molecular weight is 254 g/mol. The van der Waals surface area contributed by atoms with Gasteiger partial charge in [-0.05, 0) is 12.3 Å². The second-order valence-electron chi connectivity index (χ2n) is 4.62. The molecule has 0 saturated heterocycles. The van der Waals surface area contributed by atoms with Gasteiger partial charge in [-0.1, -0.05) is 34.1 Å². The Kier molecular flexibility index (Phi) is 6.57. The molecule has 0 bridgehead atoms. The van der Waals surface area contributed by atoms with Gasteiger partial charge in [0.15, 0.2) is 0 Å². The third-order valence-corrected chi connectivity index (χ3v) is 2.79. The van der Waals surface area contributed by atoms with Crippen molar-refractivity contribution in [3.05, 3.63) is 0 Å². The van der Waals surface area contributed by atoms with Gasteiger partial charge in [-0.15, -0.1) is 0 Å². The highest BCUT2D eigenvalue weighted by molar-refractivity contribution is 5.73. The molecular formula is C12H21F3O2. The van der Waals surface area contributed by atoms with E-state index in [9.17, 15) is 18.0 Å². The number of carbonyl (C=O) groups excluding carboxylic acids is 1. The Balaban J connectivity index is 4.58. The predicted octanol–water partition coefficient (Wildman–Crippen LogP) is 3.80. The maximum Gasteiger partial charge on any atom is 0.392 e. The van der Waals surface area contributed by atoms with Crippen LogP contribution < -0.4 is 0 Å². The summed E-state index contributed by atoms with van der Waals surface area (Å²) in [7, 11) is 0. The molecular weight excluding hydrogens is 233 g/mol. The zero-order chi connectivity index (χ0) is 13.6. The lowest BCUT2D eigenvalue weighted by Crippen LogP contribution is -2.37. The second-order valence-corrected chi connectivity index (χ2v) is 4.62. The van der Waals surface area contributed by atoms with E-state index in [1.165, 1.54) is 0 Å². The number of unbranched alkanes of at least 4 members (excludes halogenated alkanes) is 1. The fourth-order valence-corrected chi connectivity index (χ4v) is 1.67. The van der Waals surface area contributed by atoms with Crippen LogP contribution in [-0.2, 0) is 9.53 Å². The lowest BCUT2D eigenvalue weighted by molar-refractivity contribution is -0.198. The van der Waals surface area contributed by atoms with Crippen LogP contribution >= 0.6 is 0 Å². The summed E-state index contributed by atoms with van der Waals surface area (Å²) in [6.07, 6.45) is -2.84. The average Bonchev–Trinajstić information content (AvgIpc) is 2.16. The Morgan fingerprint density at radius 3 is 2.12 bits per heavy atom. The molecule has 2 unspecified atom stereocenters. The standard InChI is InChI=1S/C12H21F3O2/c1-5-6-7-17-11(16)10(8(2)3)9(4)12(13,14)15/h8-10H,5-7H2,1-4H3. The monoisotopic (exact) mass is 254 g/mol. The highest BCUT2D eigenvalue weighted by Gasteiger charge is 2.45. The first-order valence-electron chi connectivity index (χ1n) is 5.95. The summed E-state index contributed by atoms with van der Waals surface area (Å²) in [6, 6.07) is 0. The SMILES string of the molecule is CCCCOC(=O)C(C(C)C)C(C)C(F)(F)F. The van der Waals surface area contributed by atoms with Crippen LogP contribution in [0.2, 0.25) is 0 Å². The highest BCUT2D eigenvalue weighted by Crippen LogP contribution is 2.35. The van der Waals surface area contributed by atoms with Crippen LogP contribution in [0.5, 0.6) is 0 Å². The molecule has 2 nitrogen and oxygen atoms in total. The van der Waals surface area contributed by atoms with Crippen molar-refractivity contribution in [2.75, 3.05) is 6.61 Å². The van der Waals surface area contributed by atoms with Crippen molar-refractivity contribution >= 4 is 5.97 Å². The maximum absolute atomic E-state index is 12.6. The van der Waals surface area contributed by atoms with Crippen molar-refractivity contribution in [1.82, 2.24) is 0 Å². The van der Waals surface area contributed by atoms with Gasteiger partial charge in [0, 0.05) is 0 Å². The number of carbonyl (C=O) groups is 1. The van der Waals surface area contributed by atoms with E-state index in [-0.39, 0.29) is 12.5 Å². The quantitative estimate of drug-likeness (QED) is 0.532. The highest BCUT2D eigenvalue weighted by atomic mass is 19.4. The Hall–Kier alpha value is -0.740. The molecule has 0 spiro atoms. The van der Waals surface area contributed by atoms with Gasteiger partial charge in [0.2, 0.25) is 0 Å². The van der Waals surface area contributed by atoms with Gasteiger partial charge in [0.25, 0.3) is 0 Å². The van der Waals surface area contributed by atoms with Crippen LogP contribution in [-0.4, -0.2) is 18.8 Å². The summed E-state index contributed by atoms with van der Waals surface area (Å²) in [5.74, 6) is -3.91. The molecule has 0 fully saturated rings. The molecule has 0 saturated carbocycles. The normalized spacial score (nSPS) is 15.8. The third kappa shape index (κ3) is 5.41. The molecule has 0 aliphatic carbocycles. The van der Waals surface area contributed by atoms with E-state index >= 15 is 0 Å². The van der Waals surface area contributed by atoms with E-state index in [0.717, 1.165) is 13.3 Å². The third-order valence-electron chi connectivity index (χ3n) is 2.79. The fraction of sp³-hybridized carbons (Fsp3) is 0.917. The van der Waals surface area contributed by atoms with Gasteiger partial charge in [0.1, 0.15) is 0 Å². The van der Waals surface area contributed by atoms with Crippen LogP contribution in [0.15, 0.2) is 0 Å². The van der Waals surface area contributed by atoms with E-state index in [2.05, 4.69) is 0 Å². The summed E-state index contributed by atoms with van der Waals surface area (Å²) >= 11 is 0. The summed E-state index contributed by atoms with van der Waals surface area (Å²) < 4.78 is 42.7. The first-order valence-corrected chi connectivity index (χ1v) is 5.95. The topological polar surface area (TPSA) is 26.3 Å². The van der Waals surface area contributed by atoms with Crippen LogP contribution in [0.4, 0.5) is 13.2 Å². The largest absolute Gasteiger partial charge is 0.465 e. The molecule has 0 rings (SSSR count). The molecule has 2 atom stereocenters. The molecule has 0 aliphatic rings. The predicted molar refractivity (Wildman–Crippen MR) is 59.4 cm³/mol. The van der Waals surface area contributed by atoms with Gasteiger partial charge in [-0.2, -0.15) is 13.2 Å². The Bertz CT molecular complexity index is 236. The Labute approximate surface area is 101 Å². The molecule has 0 aliphatic heterocycles. The molecule has 0 radical (unpaired) electrons. The summed E-state index contributed by atoms with van der Waals surface area (Å²) in [5, 5.41) is 0. The van der Waals surface area contributed by atoms with Gasteiger partial charge in [0.05, 0.1) is 18.4 Å². The second kappa shape index (κ2) is 6.87. The minimum absolute atomic E-state index is 0.198. The minimum Gasteiger partial charge on any atom is -0.465 e. The lowest BCUT2D eigenvalue weighted by Gasteiger charge is -2.27. The molecule has 0 N–H and O–H groups in total. The number of halogens is 3. The van der Waals surface area contributed by atoms with Crippen molar-refractivity contribution in [3.8, 4) is 0 Å². The number of ether oxygens (including phenoxy) is 1. The zero-order valence-electron chi connectivity index (χ0n) is 10.8. The first-order chi connectivity index (χ1) is 7.71. The lowest BCUT2D eigenvalue weighted by atomic mass is 9.84. The van der Waals surface area contributed by atoms with Gasteiger partial charge >= 0.3 is 12.1 Å². The number of rotatable bonds is 6. The smallest absolute Gasteiger partial charge is 0.392 e. The molecule has 0 aromatic heterocycles. The maximum atomic E-state index is 12.6. The number of esters is 1. The van der Waals surface area contributed by atoms with E-state index in [0.29, 0.717) is 6.42 Å².